The molecule has 1 heterocycles. The monoisotopic (exact) mass is 376 g/mol. The van der Waals surface area contributed by atoms with E-state index in [1.807, 2.05) is 31.2 Å². The minimum absolute atomic E-state index is 0.337. The van der Waals surface area contributed by atoms with Gasteiger partial charge in [-0.25, -0.2) is 0 Å². The highest BCUT2D eigenvalue weighted by Crippen LogP contribution is 2.45. The summed E-state index contributed by atoms with van der Waals surface area (Å²) in [7, 11) is 0. The Kier molecular flexibility index (Phi) is 5.98. The fraction of sp³-hybridized carbons (Fsp3) is 0.385. The van der Waals surface area contributed by atoms with Crippen LogP contribution in [0.3, 0.4) is 0 Å². The maximum atomic E-state index is 10.6. The fourth-order valence-corrected chi connectivity index (χ4v) is 3.80. The average molecular weight is 377 g/mol. The van der Waals surface area contributed by atoms with E-state index in [9.17, 15) is 5.11 Å². The number of phenolic OH excluding ortho intramolecular Hbond substituents is 1. The largest absolute Gasteiger partial charge is 0.507 e. The van der Waals surface area contributed by atoms with Crippen LogP contribution >= 0.6 is 0 Å². The van der Waals surface area contributed by atoms with Crippen molar-refractivity contribution in [1.29, 1.82) is 0 Å². The van der Waals surface area contributed by atoms with Gasteiger partial charge in [0.1, 0.15) is 17.1 Å². The lowest BCUT2D eigenvalue weighted by molar-refractivity contribution is 0.131. The van der Waals surface area contributed by atoms with Gasteiger partial charge in [-0.15, -0.1) is 0 Å². The van der Waals surface area contributed by atoms with Crippen LogP contribution in [0.4, 0.5) is 0 Å². The number of aromatic hydroxyl groups is 1. The van der Waals surface area contributed by atoms with Gasteiger partial charge in [-0.2, -0.15) is 0 Å². The molecule has 1 unspecified atom stereocenters. The Bertz CT molecular complexity index is 958. The second-order valence-corrected chi connectivity index (χ2v) is 8.42. The van der Waals surface area contributed by atoms with Crippen LogP contribution in [0.5, 0.6) is 11.5 Å². The van der Waals surface area contributed by atoms with Crippen molar-refractivity contribution in [3.05, 3.63) is 64.8 Å². The molecule has 0 amide bonds. The molecule has 28 heavy (non-hydrogen) atoms. The number of benzene rings is 2. The summed E-state index contributed by atoms with van der Waals surface area (Å²) < 4.78 is 6.53. The SMILES string of the molecule is CC(C)=CCC/C(C)=C/CCC1(C)C=Cc2c(C)c(O)c3ccccc3c2O1. The lowest BCUT2D eigenvalue weighted by Crippen LogP contribution is -2.32. The van der Waals surface area contributed by atoms with Crippen molar-refractivity contribution < 1.29 is 9.84 Å². The molecular weight excluding hydrogens is 344 g/mol. The predicted octanol–water partition coefficient (Wildman–Crippen LogP) is 7.49. The lowest BCUT2D eigenvalue weighted by Gasteiger charge is -2.33. The van der Waals surface area contributed by atoms with Crippen molar-refractivity contribution in [3.8, 4) is 11.5 Å². The van der Waals surface area contributed by atoms with Gasteiger partial charge in [0, 0.05) is 21.9 Å². The summed E-state index contributed by atoms with van der Waals surface area (Å²) in [6.07, 6.45) is 13.0. The molecule has 0 fully saturated rings. The highest BCUT2D eigenvalue weighted by Gasteiger charge is 2.29. The number of hydrogen-bond acceptors (Lipinski definition) is 2. The van der Waals surface area contributed by atoms with Gasteiger partial charge in [0.25, 0.3) is 0 Å². The zero-order valence-electron chi connectivity index (χ0n) is 17.8. The first-order valence-electron chi connectivity index (χ1n) is 10.2. The molecule has 1 aliphatic heterocycles. The number of ether oxygens (including phenoxy) is 1. The molecule has 1 atom stereocenters. The first kappa shape index (κ1) is 20.3. The number of rotatable bonds is 6. The molecule has 0 bridgehead atoms. The van der Waals surface area contributed by atoms with Crippen LogP contribution in [0.15, 0.2) is 53.6 Å². The molecule has 3 rings (SSSR count). The van der Waals surface area contributed by atoms with Crippen LogP contribution in [-0.4, -0.2) is 10.7 Å². The third-order valence-corrected chi connectivity index (χ3v) is 5.59. The Morgan fingerprint density at radius 3 is 2.50 bits per heavy atom. The van der Waals surface area contributed by atoms with Crippen LogP contribution < -0.4 is 4.74 Å². The normalized spacial score (nSPS) is 18.7. The zero-order valence-corrected chi connectivity index (χ0v) is 17.8. The van der Waals surface area contributed by atoms with Crippen LogP contribution in [0.2, 0.25) is 0 Å². The van der Waals surface area contributed by atoms with Crippen molar-refractivity contribution in [3.63, 3.8) is 0 Å². The number of phenols is 1. The summed E-state index contributed by atoms with van der Waals surface area (Å²) in [5.41, 5.74) is 4.35. The molecule has 1 aliphatic rings. The van der Waals surface area contributed by atoms with E-state index >= 15 is 0 Å². The Morgan fingerprint density at radius 2 is 1.79 bits per heavy atom. The quantitative estimate of drug-likeness (QED) is 0.529. The van der Waals surface area contributed by atoms with E-state index in [1.165, 1.54) is 11.1 Å². The smallest absolute Gasteiger partial charge is 0.136 e. The lowest BCUT2D eigenvalue weighted by atomic mass is 9.90. The Labute approximate surface area is 169 Å². The van der Waals surface area contributed by atoms with Crippen molar-refractivity contribution in [1.82, 2.24) is 0 Å². The molecule has 0 spiro atoms. The summed E-state index contributed by atoms with van der Waals surface area (Å²) in [5, 5.41) is 12.4. The van der Waals surface area contributed by atoms with Gasteiger partial charge < -0.3 is 9.84 Å². The minimum Gasteiger partial charge on any atom is -0.507 e. The summed E-state index contributed by atoms with van der Waals surface area (Å²) in [4.78, 5) is 0. The molecular formula is C26H32O2. The number of hydrogen-bond donors (Lipinski definition) is 1. The van der Waals surface area contributed by atoms with Crippen LogP contribution in [0, 0.1) is 6.92 Å². The molecule has 2 aromatic rings. The summed E-state index contributed by atoms with van der Waals surface area (Å²) in [6, 6.07) is 7.93. The highest BCUT2D eigenvalue weighted by atomic mass is 16.5. The van der Waals surface area contributed by atoms with Crippen LogP contribution in [0.25, 0.3) is 16.8 Å². The van der Waals surface area contributed by atoms with Crippen LogP contribution in [-0.2, 0) is 0 Å². The summed E-state index contributed by atoms with van der Waals surface area (Å²) in [6.45, 7) is 10.6. The minimum atomic E-state index is -0.337. The van der Waals surface area contributed by atoms with Gasteiger partial charge in [-0.3, -0.25) is 0 Å². The molecule has 0 radical (unpaired) electrons. The van der Waals surface area contributed by atoms with Gasteiger partial charge in [0.2, 0.25) is 0 Å². The standard InChI is InChI=1S/C26H32O2/c1-18(2)10-8-11-19(3)12-9-16-26(5)17-15-21-20(4)24(27)22-13-6-7-14-23(22)25(21)28-26/h6-7,10,12-15,17,27H,8-9,11,16H2,1-5H3/b19-12+. The maximum absolute atomic E-state index is 10.6. The molecule has 1 N–H and O–H groups in total. The third kappa shape index (κ3) is 4.32. The Hall–Kier alpha value is -2.48. The number of fused-ring (bicyclic) bond motifs is 3. The van der Waals surface area contributed by atoms with Gasteiger partial charge in [-0.05, 0) is 66.4 Å². The van der Waals surface area contributed by atoms with Gasteiger partial charge >= 0.3 is 0 Å². The Balaban J connectivity index is 1.77. The summed E-state index contributed by atoms with van der Waals surface area (Å²) in [5.74, 6) is 1.24. The molecule has 2 heteroatoms. The molecule has 0 aliphatic carbocycles. The van der Waals surface area contributed by atoms with Gasteiger partial charge in [0.15, 0.2) is 0 Å². The molecule has 148 valence electrons. The van der Waals surface area contributed by atoms with E-state index in [-0.39, 0.29) is 5.60 Å². The van der Waals surface area contributed by atoms with Gasteiger partial charge in [0.05, 0.1) is 0 Å². The van der Waals surface area contributed by atoms with Crippen molar-refractivity contribution >= 4 is 16.8 Å². The highest BCUT2D eigenvalue weighted by molar-refractivity contribution is 5.98. The maximum Gasteiger partial charge on any atom is 0.136 e. The molecule has 2 aromatic carbocycles. The number of allylic oxidation sites excluding steroid dienone is 4. The van der Waals surface area contributed by atoms with E-state index in [0.717, 1.165) is 53.3 Å². The van der Waals surface area contributed by atoms with Crippen LogP contribution in [0.1, 0.15) is 64.5 Å². The third-order valence-electron chi connectivity index (χ3n) is 5.59. The first-order chi connectivity index (χ1) is 13.3. The first-order valence-corrected chi connectivity index (χ1v) is 10.2. The fourth-order valence-electron chi connectivity index (χ4n) is 3.80. The zero-order chi connectivity index (χ0) is 20.3. The Morgan fingerprint density at radius 1 is 1.07 bits per heavy atom. The molecule has 0 saturated heterocycles. The second-order valence-electron chi connectivity index (χ2n) is 8.42. The van der Waals surface area contributed by atoms with E-state index < -0.39 is 0 Å². The van der Waals surface area contributed by atoms with Crippen molar-refractivity contribution in [2.24, 2.45) is 0 Å². The summed E-state index contributed by atoms with van der Waals surface area (Å²) >= 11 is 0. The average Bonchev–Trinajstić information content (AvgIpc) is 2.65. The van der Waals surface area contributed by atoms with Crippen molar-refractivity contribution in [2.75, 3.05) is 0 Å². The van der Waals surface area contributed by atoms with Gasteiger partial charge in [-0.1, -0.05) is 53.6 Å². The predicted molar refractivity (Wildman–Crippen MR) is 120 cm³/mol. The van der Waals surface area contributed by atoms with Crippen molar-refractivity contribution in [2.45, 2.75) is 65.9 Å². The second kappa shape index (κ2) is 8.26. The van der Waals surface area contributed by atoms with E-state index in [0.29, 0.717) is 5.75 Å². The molecule has 2 nitrogen and oxygen atoms in total. The van der Waals surface area contributed by atoms with E-state index in [4.69, 9.17) is 4.74 Å². The molecule has 0 saturated carbocycles. The van der Waals surface area contributed by atoms with E-state index in [2.05, 4.69) is 52.0 Å². The van der Waals surface area contributed by atoms with E-state index in [1.54, 1.807) is 0 Å². The topological polar surface area (TPSA) is 29.5 Å². The molecule has 0 aromatic heterocycles.